The lowest BCUT2D eigenvalue weighted by atomic mass is 9.79. The smallest absolute Gasteiger partial charge is 0.117 e. The van der Waals surface area contributed by atoms with Crippen LogP contribution in [0.4, 0.5) is 0 Å². The molecule has 0 spiro atoms. The Kier molecular flexibility index (Phi) is 3.32. The van der Waals surface area contributed by atoms with Crippen molar-refractivity contribution in [3.05, 3.63) is 24.2 Å². The zero-order valence-corrected chi connectivity index (χ0v) is 11.3. The minimum Gasteiger partial charge on any atom is -0.468 e. The Morgan fingerprint density at radius 2 is 1.94 bits per heavy atom. The SMILES string of the molecule is CC1(C)CC(NCc2ccco2)CC(C)(C)N1. The molecule has 0 saturated carbocycles. The number of rotatable bonds is 3. The van der Waals surface area contributed by atoms with Gasteiger partial charge in [0.05, 0.1) is 12.8 Å². The molecule has 0 aliphatic carbocycles. The summed E-state index contributed by atoms with van der Waals surface area (Å²) >= 11 is 0. The molecular weight excluding hydrogens is 212 g/mol. The third-order valence-corrected chi connectivity index (χ3v) is 3.34. The molecule has 2 N–H and O–H groups in total. The fourth-order valence-electron chi connectivity index (χ4n) is 3.12. The molecule has 1 aromatic heterocycles. The Balaban J connectivity index is 1.92. The van der Waals surface area contributed by atoms with Gasteiger partial charge in [-0.3, -0.25) is 0 Å². The van der Waals surface area contributed by atoms with Crippen molar-refractivity contribution < 1.29 is 4.42 Å². The number of hydrogen-bond acceptors (Lipinski definition) is 3. The molecule has 0 atom stereocenters. The van der Waals surface area contributed by atoms with E-state index in [2.05, 4.69) is 38.3 Å². The van der Waals surface area contributed by atoms with Crippen LogP contribution in [0.1, 0.15) is 46.3 Å². The summed E-state index contributed by atoms with van der Waals surface area (Å²) < 4.78 is 5.35. The lowest BCUT2D eigenvalue weighted by Gasteiger charge is -2.46. The first-order chi connectivity index (χ1) is 7.86. The topological polar surface area (TPSA) is 37.2 Å². The molecule has 0 unspecified atom stereocenters. The molecule has 2 heterocycles. The minimum absolute atomic E-state index is 0.197. The van der Waals surface area contributed by atoms with Crippen molar-refractivity contribution in [3.63, 3.8) is 0 Å². The van der Waals surface area contributed by atoms with Crippen LogP contribution in [0.15, 0.2) is 22.8 Å². The maximum atomic E-state index is 5.35. The van der Waals surface area contributed by atoms with Crippen molar-refractivity contribution >= 4 is 0 Å². The van der Waals surface area contributed by atoms with E-state index in [0.717, 1.165) is 25.1 Å². The van der Waals surface area contributed by atoms with Gasteiger partial charge >= 0.3 is 0 Å². The first kappa shape index (κ1) is 12.7. The fraction of sp³-hybridized carbons (Fsp3) is 0.714. The molecule has 1 saturated heterocycles. The predicted molar refractivity (Wildman–Crippen MR) is 69.9 cm³/mol. The van der Waals surface area contributed by atoms with E-state index in [4.69, 9.17) is 4.42 Å². The van der Waals surface area contributed by atoms with Crippen LogP contribution in [-0.4, -0.2) is 17.1 Å². The van der Waals surface area contributed by atoms with Gasteiger partial charge in [0.1, 0.15) is 5.76 Å². The molecule has 2 rings (SSSR count). The van der Waals surface area contributed by atoms with Crippen LogP contribution in [0.2, 0.25) is 0 Å². The van der Waals surface area contributed by atoms with Crippen molar-refractivity contribution in [2.75, 3.05) is 0 Å². The highest BCUT2D eigenvalue weighted by Crippen LogP contribution is 2.28. The first-order valence-electron chi connectivity index (χ1n) is 6.41. The normalized spacial score (nSPS) is 23.8. The van der Waals surface area contributed by atoms with E-state index in [1.54, 1.807) is 6.26 Å². The summed E-state index contributed by atoms with van der Waals surface area (Å²) in [5, 5.41) is 7.29. The monoisotopic (exact) mass is 236 g/mol. The van der Waals surface area contributed by atoms with Gasteiger partial charge in [0, 0.05) is 17.1 Å². The van der Waals surface area contributed by atoms with Crippen LogP contribution >= 0.6 is 0 Å². The summed E-state index contributed by atoms with van der Waals surface area (Å²) in [6, 6.07) is 4.50. The Morgan fingerprint density at radius 1 is 1.29 bits per heavy atom. The number of nitrogens with one attached hydrogen (secondary N) is 2. The lowest BCUT2D eigenvalue weighted by molar-refractivity contribution is 0.144. The molecule has 0 radical (unpaired) electrons. The molecular formula is C14H24N2O. The molecule has 1 fully saturated rings. The van der Waals surface area contributed by atoms with Crippen LogP contribution < -0.4 is 10.6 Å². The molecule has 17 heavy (non-hydrogen) atoms. The van der Waals surface area contributed by atoms with Crippen molar-refractivity contribution in [1.29, 1.82) is 0 Å². The highest BCUT2D eigenvalue weighted by Gasteiger charge is 2.37. The number of piperidine rings is 1. The van der Waals surface area contributed by atoms with Gasteiger partial charge in [-0.1, -0.05) is 0 Å². The molecule has 0 aromatic carbocycles. The number of hydrogen-bond donors (Lipinski definition) is 2. The second kappa shape index (κ2) is 4.46. The average Bonchev–Trinajstić information content (AvgIpc) is 2.61. The summed E-state index contributed by atoms with van der Waals surface area (Å²) in [7, 11) is 0. The third kappa shape index (κ3) is 3.58. The Hall–Kier alpha value is -0.800. The Morgan fingerprint density at radius 3 is 2.47 bits per heavy atom. The van der Waals surface area contributed by atoms with Gasteiger partial charge in [0.25, 0.3) is 0 Å². The Bertz CT molecular complexity index is 338. The summed E-state index contributed by atoms with van der Waals surface area (Å²) in [6.07, 6.45) is 4.03. The molecule has 0 bridgehead atoms. The quantitative estimate of drug-likeness (QED) is 0.847. The number of furan rings is 1. The van der Waals surface area contributed by atoms with Crippen molar-refractivity contribution in [2.45, 2.75) is 64.2 Å². The summed E-state index contributed by atoms with van der Waals surface area (Å²) in [5.74, 6) is 1.01. The van der Waals surface area contributed by atoms with Gasteiger partial charge in [-0.15, -0.1) is 0 Å². The van der Waals surface area contributed by atoms with E-state index in [0.29, 0.717) is 6.04 Å². The van der Waals surface area contributed by atoms with Crippen LogP contribution in [-0.2, 0) is 6.54 Å². The molecule has 3 nitrogen and oxygen atoms in total. The zero-order valence-electron chi connectivity index (χ0n) is 11.3. The maximum Gasteiger partial charge on any atom is 0.117 e. The van der Waals surface area contributed by atoms with Crippen LogP contribution in [0.5, 0.6) is 0 Å². The van der Waals surface area contributed by atoms with Gasteiger partial charge in [-0.2, -0.15) is 0 Å². The third-order valence-electron chi connectivity index (χ3n) is 3.34. The van der Waals surface area contributed by atoms with Gasteiger partial charge in [-0.25, -0.2) is 0 Å². The second-order valence-electron chi connectivity index (χ2n) is 6.46. The molecule has 96 valence electrons. The van der Waals surface area contributed by atoms with Gasteiger partial charge in [0.2, 0.25) is 0 Å². The van der Waals surface area contributed by atoms with Crippen LogP contribution in [0.3, 0.4) is 0 Å². The minimum atomic E-state index is 0.197. The highest BCUT2D eigenvalue weighted by molar-refractivity contribution is 5.02. The highest BCUT2D eigenvalue weighted by atomic mass is 16.3. The van der Waals surface area contributed by atoms with Crippen molar-refractivity contribution in [1.82, 2.24) is 10.6 Å². The van der Waals surface area contributed by atoms with Crippen LogP contribution in [0, 0.1) is 0 Å². The molecule has 1 aliphatic heterocycles. The maximum absolute atomic E-state index is 5.35. The lowest BCUT2D eigenvalue weighted by Crippen LogP contribution is -2.61. The predicted octanol–water partition coefficient (Wildman–Crippen LogP) is 2.68. The standard InChI is InChI=1S/C14H24N2O/c1-13(2)8-11(9-14(3,4)16-13)15-10-12-6-5-7-17-12/h5-7,11,15-16H,8-10H2,1-4H3. The van der Waals surface area contributed by atoms with Crippen molar-refractivity contribution in [2.24, 2.45) is 0 Å². The molecule has 0 amide bonds. The van der Waals surface area contributed by atoms with Gasteiger partial charge in [-0.05, 0) is 52.7 Å². The van der Waals surface area contributed by atoms with E-state index >= 15 is 0 Å². The fourth-order valence-corrected chi connectivity index (χ4v) is 3.12. The van der Waals surface area contributed by atoms with Gasteiger partial charge < -0.3 is 15.1 Å². The van der Waals surface area contributed by atoms with E-state index in [1.165, 1.54) is 0 Å². The average molecular weight is 236 g/mol. The van der Waals surface area contributed by atoms with E-state index in [9.17, 15) is 0 Å². The zero-order chi connectivity index (χ0) is 12.5. The second-order valence-corrected chi connectivity index (χ2v) is 6.46. The summed E-state index contributed by atoms with van der Waals surface area (Å²) in [5.41, 5.74) is 0.394. The van der Waals surface area contributed by atoms with Gasteiger partial charge in [0.15, 0.2) is 0 Å². The van der Waals surface area contributed by atoms with E-state index < -0.39 is 0 Å². The first-order valence-corrected chi connectivity index (χ1v) is 6.41. The molecule has 1 aliphatic rings. The largest absolute Gasteiger partial charge is 0.468 e. The summed E-state index contributed by atoms with van der Waals surface area (Å²) in [4.78, 5) is 0. The Labute approximate surface area is 104 Å². The van der Waals surface area contributed by atoms with Crippen molar-refractivity contribution in [3.8, 4) is 0 Å². The van der Waals surface area contributed by atoms with E-state index in [1.807, 2.05) is 12.1 Å². The van der Waals surface area contributed by atoms with Crippen LogP contribution in [0.25, 0.3) is 0 Å². The summed E-state index contributed by atoms with van der Waals surface area (Å²) in [6.45, 7) is 9.92. The molecule has 3 heteroatoms. The molecule has 1 aromatic rings. The van der Waals surface area contributed by atoms with E-state index in [-0.39, 0.29) is 11.1 Å².